The lowest BCUT2D eigenvalue weighted by Crippen LogP contribution is -2.20. The molecule has 0 aromatic carbocycles. The van der Waals surface area contributed by atoms with Gasteiger partial charge < -0.3 is 4.74 Å². The monoisotopic (exact) mass is 198 g/mol. The summed E-state index contributed by atoms with van der Waals surface area (Å²) in [5.74, 6) is 1.84. The van der Waals surface area contributed by atoms with Gasteiger partial charge in [0.1, 0.15) is 0 Å². The van der Waals surface area contributed by atoms with Crippen LogP contribution in [0.2, 0.25) is 5.54 Å². The second kappa shape index (κ2) is 3.44. The third kappa shape index (κ3) is 1.66. The molecule has 0 radical (unpaired) electrons. The molecule has 13 heavy (non-hydrogen) atoms. The molecule has 2 rings (SSSR count). The van der Waals surface area contributed by atoms with Gasteiger partial charge in [-0.3, -0.25) is 4.79 Å². The molecule has 0 spiro atoms. The van der Waals surface area contributed by atoms with Crippen molar-refractivity contribution in [1.29, 1.82) is 0 Å². The summed E-state index contributed by atoms with van der Waals surface area (Å²) < 4.78 is 5.04. The molecule has 0 amide bonds. The van der Waals surface area contributed by atoms with Crippen molar-refractivity contribution in [2.75, 3.05) is 6.61 Å². The maximum atomic E-state index is 11.4. The molecule has 74 valence electrons. The first-order chi connectivity index (χ1) is 6.18. The Bertz CT molecular complexity index is 217. The molecule has 0 aromatic rings. The van der Waals surface area contributed by atoms with E-state index in [1.807, 2.05) is 0 Å². The van der Waals surface area contributed by atoms with Crippen molar-refractivity contribution in [2.24, 2.45) is 17.8 Å². The zero-order valence-electron chi connectivity index (χ0n) is 8.45. The Labute approximate surface area is 82.5 Å². The Morgan fingerprint density at radius 2 is 2.23 bits per heavy atom. The summed E-state index contributed by atoms with van der Waals surface area (Å²) in [4.78, 5) is 11.4. The molecule has 0 bridgehead atoms. The topological polar surface area (TPSA) is 26.3 Å². The number of carbonyl (C=O) groups excluding carboxylic acids is 1. The van der Waals surface area contributed by atoms with Crippen LogP contribution in [0.4, 0.5) is 0 Å². The summed E-state index contributed by atoms with van der Waals surface area (Å²) in [6.07, 6.45) is 3.59. The SMILES string of the molecule is CC1CC([SiH3])C(C2CCOC2=O)C1. The van der Waals surface area contributed by atoms with Gasteiger partial charge in [0.25, 0.3) is 0 Å². The number of ether oxygens (including phenoxy) is 1. The molecule has 1 saturated carbocycles. The van der Waals surface area contributed by atoms with E-state index >= 15 is 0 Å². The number of hydrogen-bond donors (Lipinski definition) is 0. The highest BCUT2D eigenvalue weighted by Crippen LogP contribution is 2.45. The maximum absolute atomic E-state index is 11.4. The first-order valence-corrected chi connectivity index (χ1v) is 6.50. The summed E-state index contributed by atoms with van der Waals surface area (Å²) in [5, 5.41) is 0. The van der Waals surface area contributed by atoms with Gasteiger partial charge in [0, 0.05) is 10.2 Å². The molecule has 3 heteroatoms. The minimum Gasteiger partial charge on any atom is -0.465 e. The molecule has 4 unspecified atom stereocenters. The van der Waals surface area contributed by atoms with Gasteiger partial charge in [-0.2, -0.15) is 0 Å². The normalized spacial score (nSPS) is 45.5. The van der Waals surface area contributed by atoms with Crippen LogP contribution in [0.25, 0.3) is 0 Å². The summed E-state index contributed by atoms with van der Waals surface area (Å²) >= 11 is 0. The maximum Gasteiger partial charge on any atom is 0.309 e. The van der Waals surface area contributed by atoms with Crippen molar-refractivity contribution in [3.8, 4) is 0 Å². The van der Waals surface area contributed by atoms with Crippen LogP contribution in [-0.4, -0.2) is 22.8 Å². The Kier molecular flexibility index (Phi) is 2.45. The second-order valence-corrected chi connectivity index (χ2v) is 6.26. The molecule has 0 N–H and O–H groups in total. The number of rotatable bonds is 1. The van der Waals surface area contributed by atoms with E-state index in [0.717, 1.165) is 17.9 Å². The van der Waals surface area contributed by atoms with Gasteiger partial charge in [-0.15, -0.1) is 0 Å². The van der Waals surface area contributed by atoms with Gasteiger partial charge in [0.2, 0.25) is 0 Å². The first kappa shape index (κ1) is 9.25. The fourth-order valence-electron chi connectivity index (χ4n) is 3.06. The Morgan fingerprint density at radius 1 is 1.46 bits per heavy atom. The standard InChI is InChI=1S/C10H18O2Si/c1-6-4-8(9(13)5-6)7-2-3-12-10(7)11/h6-9H,2-5H2,1,13H3. The minimum atomic E-state index is 0.0833. The van der Waals surface area contributed by atoms with Gasteiger partial charge in [0.15, 0.2) is 0 Å². The van der Waals surface area contributed by atoms with Crippen LogP contribution in [0.15, 0.2) is 0 Å². The van der Waals surface area contributed by atoms with E-state index in [4.69, 9.17) is 4.74 Å². The van der Waals surface area contributed by atoms with Gasteiger partial charge in [-0.05, 0) is 24.7 Å². The predicted octanol–water partition coefficient (Wildman–Crippen LogP) is 0.750. The van der Waals surface area contributed by atoms with Gasteiger partial charge in [-0.1, -0.05) is 18.9 Å². The first-order valence-electron chi connectivity index (χ1n) is 5.35. The van der Waals surface area contributed by atoms with Gasteiger partial charge in [-0.25, -0.2) is 0 Å². The summed E-state index contributed by atoms with van der Waals surface area (Å²) in [6, 6.07) is 0. The Balaban J connectivity index is 2.04. The largest absolute Gasteiger partial charge is 0.465 e. The molecule has 1 heterocycles. The van der Waals surface area contributed by atoms with Crippen molar-refractivity contribution in [3.05, 3.63) is 0 Å². The van der Waals surface area contributed by atoms with E-state index in [0.29, 0.717) is 12.5 Å². The lowest BCUT2D eigenvalue weighted by atomic mass is 9.89. The quantitative estimate of drug-likeness (QED) is 0.459. The molecular formula is C10H18O2Si. The van der Waals surface area contributed by atoms with Crippen molar-refractivity contribution < 1.29 is 9.53 Å². The zero-order valence-corrected chi connectivity index (χ0v) is 10.5. The van der Waals surface area contributed by atoms with Crippen LogP contribution in [0.5, 0.6) is 0 Å². The number of carbonyl (C=O) groups is 1. The van der Waals surface area contributed by atoms with Crippen LogP contribution in [0.3, 0.4) is 0 Å². The van der Waals surface area contributed by atoms with Crippen molar-refractivity contribution in [2.45, 2.75) is 31.7 Å². The van der Waals surface area contributed by atoms with Crippen LogP contribution in [0.1, 0.15) is 26.2 Å². The van der Waals surface area contributed by atoms with E-state index < -0.39 is 0 Å². The highest BCUT2D eigenvalue weighted by molar-refractivity contribution is 6.12. The van der Waals surface area contributed by atoms with E-state index in [1.54, 1.807) is 0 Å². The van der Waals surface area contributed by atoms with Crippen LogP contribution < -0.4 is 0 Å². The number of hydrogen-bond acceptors (Lipinski definition) is 2. The molecule has 4 atom stereocenters. The highest BCUT2D eigenvalue weighted by Gasteiger charge is 2.41. The van der Waals surface area contributed by atoms with Gasteiger partial charge >= 0.3 is 5.97 Å². The fourth-order valence-corrected chi connectivity index (χ4v) is 4.61. The van der Waals surface area contributed by atoms with Crippen molar-refractivity contribution >= 4 is 16.2 Å². The number of cyclic esters (lactones) is 1. The number of esters is 1. The smallest absolute Gasteiger partial charge is 0.309 e. The minimum absolute atomic E-state index is 0.0833. The third-order valence-electron chi connectivity index (χ3n) is 3.67. The van der Waals surface area contributed by atoms with Gasteiger partial charge in [0.05, 0.1) is 12.5 Å². The molecule has 1 saturated heterocycles. The molecule has 0 aromatic heterocycles. The van der Waals surface area contributed by atoms with Crippen LogP contribution >= 0.6 is 0 Å². The summed E-state index contributed by atoms with van der Waals surface area (Å²) in [7, 11) is 1.24. The molecular weight excluding hydrogens is 180 g/mol. The van der Waals surface area contributed by atoms with Crippen molar-refractivity contribution in [1.82, 2.24) is 0 Å². The fraction of sp³-hybridized carbons (Fsp3) is 0.900. The lowest BCUT2D eigenvalue weighted by molar-refractivity contribution is -0.142. The molecule has 2 aliphatic rings. The lowest BCUT2D eigenvalue weighted by Gasteiger charge is -2.18. The molecule has 2 nitrogen and oxygen atoms in total. The highest BCUT2D eigenvalue weighted by atomic mass is 28.1. The second-order valence-electron chi connectivity index (χ2n) is 4.78. The predicted molar refractivity (Wildman–Crippen MR) is 54.6 cm³/mol. The van der Waals surface area contributed by atoms with E-state index in [1.165, 1.54) is 23.1 Å². The summed E-state index contributed by atoms with van der Waals surface area (Å²) in [5.41, 5.74) is 0.852. The zero-order chi connectivity index (χ0) is 9.42. The van der Waals surface area contributed by atoms with E-state index in [2.05, 4.69) is 6.92 Å². The van der Waals surface area contributed by atoms with Crippen LogP contribution in [-0.2, 0) is 9.53 Å². The van der Waals surface area contributed by atoms with E-state index in [9.17, 15) is 4.79 Å². The summed E-state index contributed by atoms with van der Waals surface area (Å²) in [6.45, 7) is 2.98. The van der Waals surface area contributed by atoms with Crippen LogP contribution in [0, 0.1) is 17.8 Å². The average molecular weight is 198 g/mol. The Morgan fingerprint density at radius 3 is 2.69 bits per heavy atom. The molecule has 1 aliphatic carbocycles. The molecule has 1 aliphatic heterocycles. The Hall–Kier alpha value is -0.313. The molecule has 2 fully saturated rings. The average Bonchev–Trinajstić information content (AvgIpc) is 2.58. The van der Waals surface area contributed by atoms with E-state index in [-0.39, 0.29) is 11.9 Å². The van der Waals surface area contributed by atoms with Crippen molar-refractivity contribution in [3.63, 3.8) is 0 Å². The third-order valence-corrected chi connectivity index (χ3v) is 5.00.